The van der Waals surface area contributed by atoms with Gasteiger partial charge in [0, 0.05) is 30.0 Å². The van der Waals surface area contributed by atoms with Gasteiger partial charge in [-0.1, -0.05) is 23.7 Å². The first-order valence-corrected chi connectivity index (χ1v) is 10.2. The number of carbonyl (C=O) groups excluding carboxylic acids is 3. The van der Waals surface area contributed by atoms with Crippen LogP contribution >= 0.6 is 11.6 Å². The first kappa shape index (κ1) is 22.2. The lowest BCUT2D eigenvalue weighted by Crippen LogP contribution is -2.30. The highest BCUT2D eigenvalue weighted by Gasteiger charge is 2.38. The van der Waals surface area contributed by atoms with Gasteiger partial charge in [0.05, 0.1) is 48.7 Å². The maximum absolute atomic E-state index is 13.0. The van der Waals surface area contributed by atoms with Gasteiger partial charge in [0.2, 0.25) is 0 Å². The molecule has 4 rings (SSSR count). The molecule has 3 amide bonds. The van der Waals surface area contributed by atoms with Gasteiger partial charge in [-0.05, 0) is 18.2 Å². The van der Waals surface area contributed by atoms with Crippen molar-refractivity contribution in [2.75, 3.05) is 31.5 Å². The smallest absolute Gasteiger partial charge is 0.266 e. The topological polar surface area (TPSA) is 94.2 Å². The Labute approximate surface area is 194 Å². The number of amides is 3. The molecule has 3 aromatic rings. The Balaban J connectivity index is 1.69. The lowest BCUT2D eigenvalue weighted by Gasteiger charge is -2.19. The van der Waals surface area contributed by atoms with Crippen molar-refractivity contribution < 1.29 is 28.6 Å². The minimum atomic E-state index is -0.516. The van der Waals surface area contributed by atoms with Crippen molar-refractivity contribution in [1.29, 1.82) is 0 Å². The van der Waals surface area contributed by atoms with Crippen LogP contribution in [0, 0.1) is 0 Å². The summed E-state index contributed by atoms with van der Waals surface area (Å²) in [6, 6.07) is 14.2. The van der Waals surface area contributed by atoms with Gasteiger partial charge in [0.25, 0.3) is 17.7 Å². The third-order valence-corrected chi connectivity index (χ3v) is 5.46. The number of nitrogens with one attached hydrogen (secondary N) is 1. The summed E-state index contributed by atoms with van der Waals surface area (Å²) in [5.41, 5.74) is 1.24. The van der Waals surface area contributed by atoms with Gasteiger partial charge in [-0.3, -0.25) is 14.4 Å². The Morgan fingerprint density at radius 2 is 1.42 bits per heavy atom. The summed E-state index contributed by atoms with van der Waals surface area (Å²) < 4.78 is 15.8. The molecule has 3 aromatic carbocycles. The SMILES string of the molecule is COc1cc(NC(=O)c2cc(Cl)c(N3C(=O)c4ccccc4C3=O)cc2OC)cc(OC)c1. The van der Waals surface area contributed by atoms with Crippen LogP contribution in [-0.2, 0) is 0 Å². The molecule has 0 aromatic heterocycles. The summed E-state index contributed by atoms with van der Waals surface area (Å²) in [6.07, 6.45) is 0. The Bertz CT molecular complexity index is 1230. The van der Waals surface area contributed by atoms with E-state index in [1.807, 2.05) is 0 Å². The number of nitrogens with zero attached hydrogens (tertiary/aromatic N) is 1. The van der Waals surface area contributed by atoms with Gasteiger partial charge in [-0.2, -0.15) is 0 Å². The third-order valence-electron chi connectivity index (χ3n) is 5.16. The number of rotatable bonds is 6. The van der Waals surface area contributed by atoms with Gasteiger partial charge >= 0.3 is 0 Å². The number of benzene rings is 3. The number of hydrogen-bond donors (Lipinski definition) is 1. The van der Waals surface area contributed by atoms with E-state index < -0.39 is 17.7 Å². The van der Waals surface area contributed by atoms with Gasteiger partial charge < -0.3 is 19.5 Å². The monoisotopic (exact) mass is 466 g/mol. The predicted octanol–water partition coefficient (Wildman–Crippen LogP) is 4.42. The maximum atomic E-state index is 13.0. The molecule has 0 unspecified atom stereocenters. The summed E-state index contributed by atoms with van der Waals surface area (Å²) in [4.78, 5) is 39.7. The van der Waals surface area contributed by atoms with Gasteiger partial charge in [-0.15, -0.1) is 0 Å². The molecule has 0 spiro atoms. The van der Waals surface area contributed by atoms with Crippen molar-refractivity contribution in [2.45, 2.75) is 0 Å². The molecule has 0 radical (unpaired) electrons. The highest BCUT2D eigenvalue weighted by atomic mass is 35.5. The second kappa shape index (κ2) is 8.84. The number of carbonyl (C=O) groups is 3. The van der Waals surface area contributed by atoms with Crippen molar-refractivity contribution in [3.63, 3.8) is 0 Å². The van der Waals surface area contributed by atoms with Crippen LogP contribution in [0.15, 0.2) is 54.6 Å². The number of fused-ring (bicyclic) bond motifs is 1. The van der Waals surface area contributed by atoms with Crippen LogP contribution in [0.2, 0.25) is 5.02 Å². The second-order valence-corrected chi connectivity index (χ2v) is 7.46. The summed E-state index contributed by atoms with van der Waals surface area (Å²) in [5, 5.41) is 2.79. The van der Waals surface area contributed by atoms with E-state index in [-0.39, 0.29) is 33.1 Å². The summed E-state index contributed by atoms with van der Waals surface area (Å²) in [7, 11) is 4.38. The molecule has 0 saturated heterocycles. The number of methoxy groups -OCH3 is 3. The Kier molecular flexibility index (Phi) is 5.93. The Morgan fingerprint density at radius 3 is 1.94 bits per heavy atom. The first-order valence-electron chi connectivity index (χ1n) is 9.77. The van der Waals surface area contributed by atoms with Crippen molar-refractivity contribution in [3.05, 3.63) is 76.3 Å². The largest absolute Gasteiger partial charge is 0.497 e. The molecule has 1 N–H and O–H groups in total. The van der Waals surface area contributed by atoms with Gasteiger partial charge in [-0.25, -0.2) is 4.90 Å². The number of anilines is 2. The standard InChI is InChI=1S/C24H19ClN2O6/c1-31-14-8-13(9-15(10-14)32-2)26-22(28)18-11-19(25)20(12-21(18)33-3)27-23(29)16-6-4-5-7-17(16)24(27)30/h4-12H,1-3H3,(H,26,28). The van der Waals surface area contributed by atoms with E-state index in [1.54, 1.807) is 42.5 Å². The molecule has 33 heavy (non-hydrogen) atoms. The Morgan fingerprint density at radius 1 is 0.848 bits per heavy atom. The maximum Gasteiger partial charge on any atom is 0.266 e. The van der Waals surface area contributed by atoms with E-state index in [2.05, 4.69) is 5.32 Å². The van der Waals surface area contributed by atoms with Crippen molar-refractivity contribution in [1.82, 2.24) is 0 Å². The van der Waals surface area contributed by atoms with E-state index in [0.29, 0.717) is 17.2 Å². The lowest BCUT2D eigenvalue weighted by molar-refractivity contribution is 0.0925. The van der Waals surface area contributed by atoms with Gasteiger partial charge in [0.1, 0.15) is 17.2 Å². The molecule has 1 aliphatic rings. The molecule has 168 valence electrons. The molecule has 8 nitrogen and oxygen atoms in total. The fourth-order valence-electron chi connectivity index (χ4n) is 3.55. The van der Waals surface area contributed by atoms with Crippen molar-refractivity contribution >= 4 is 40.7 Å². The third kappa shape index (κ3) is 3.96. The normalized spacial score (nSPS) is 12.4. The molecule has 1 heterocycles. The molecule has 0 bridgehead atoms. The zero-order chi connectivity index (χ0) is 23.7. The average Bonchev–Trinajstić information content (AvgIpc) is 3.08. The van der Waals surface area contributed by atoms with Crippen LogP contribution in [0.1, 0.15) is 31.1 Å². The summed E-state index contributed by atoms with van der Waals surface area (Å²) in [5.74, 6) is -0.386. The van der Waals surface area contributed by atoms with E-state index in [1.165, 1.54) is 33.5 Å². The van der Waals surface area contributed by atoms with Crippen LogP contribution in [0.3, 0.4) is 0 Å². The minimum Gasteiger partial charge on any atom is -0.497 e. The van der Waals surface area contributed by atoms with E-state index in [9.17, 15) is 14.4 Å². The molecular weight excluding hydrogens is 448 g/mol. The van der Waals surface area contributed by atoms with Crippen LogP contribution in [0.4, 0.5) is 11.4 Å². The first-order chi connectivity index (χ1) is 15.9. The zero-order valence-electron chi connectivity index (χ0n) is 18.0. The highest BCUT2D eigenvalue weighted by Crippen LogP contribution is 2.38. The number of halogens is 1. The summed E-state index contributed by atoms with van der Waals surface area (Å²) >= 11 is 6.43. The molecule has 9 heteroatoms. The number of hydrogen-bond acceptors (Lipinski definition) is 6. The average molecular weight is 467 g/mol. The van der Waals surface area contributed by atoms with Gasteiger partial charge in [0.15, 0.2) is 0 Å². The minimum absolute atomic E-state index is 0.0404. The molecule has 0 aliphatic carbocycles. The number of imide groups is 1. The van der Waals surface area contributed by atoms with Crippen molar-refractivity contribution in [3.8, 4) is 17.2 Å². The van der Waals surface area contributed by atoms with E-state index in [0.717, 1.165) is 4.90 Å². The fourth-order valence-corrected chi connectivity index (χ4v) is 3.79. The number of ether oxygens (including phenoxy) is 3. The second-order valence-electron chi connectivity index (χ2n) is 7.05. The fraction of sp³-hybridized carbons (Fsp3) is 0.125. The molecule has 0 atom stereocenters. The molecule has 0 saturated carbocycles. The summed E-state index contributed by atoms with van der Waals surface area (Å²) in [6.45, 7) is 0. The van der Waals surface area contributed by atoms with E-state index in [4.69, 9.17) is 25.8 Å². The zero-order valence-corrected chi connectivity index (χ0v) is 18.7. The van der Waals surface area contributed by atoms with Crippen LogP contribution < -0.4 is 24.4 Å². The van der Waals surface area contributed by atoms with E-state index >= 15 is 0 Å². The molecular formula is C24H19ClN2O6. The highest BCUT2D eigenvalue weighted by molar-refractivity contribution is 6.40. The quantitative estimate of drug-likeness (QED) is 0.540. The van der Waals surface area contributed by atoms with Crippen LogP contribution in [0.25, 0.3) is 0 Å². The van der Waals surface area contributed by atoms with Crippen LogP contribution in [-0.4, -0.2) is 39.1 Å². The predicted molar refractivity (Wildman–Crippen MR) is 123 cm³/mol. The lowest BCUT2D eigenvalue weighted by atomic mass is 10.1. The Hall–Kier alpha value is -4.04. The molecule has 0 fully saturated rings. The van der Waals surface area contributed by atoms with Crippen LogP contribution in [0.5, 0.6) is 17.2 Å². The van der Waals surface area contributed by atoms with Crippen molar-refractivity contribution in [2.24, 2.45) is 0 Å². The molecule has 1 aliphatic heterocycles.